The van der Waals surface area contributed by atoms with Gasteiger partial charge in [0.15, 0.2) is 0 Å². The number of amides is 1. The summed E-state index contributed by atoms with van der Waals surface area (Å²) in [4.78, 5) is 14.9. The minimum absolute atomic E-state index is 0.159. The highest BCUT2D eigenvalue weighted by Crippen LogP contribution is 2.38. The molecule has 2 aliphatic rings. The van der Waals surface area contributed by atoms with Crippen molar-refractivity contribution in [3.8, 4) is 0 Å². The van der Waals surface area contributed by atoms with Crippen LogP contribution in [0.3, 0.4) is 0 Å². The smallest absolute Gasteiger partial charge is 0.243 e. The number of carbonyl (C=O) groups is 1. The largest absolute Gasteiger partial charge is 0.334 e. The molecule has 1 aromatic rings. The van der Waals surface area contributed by atoms with Gasteiger partial charge in [0.25, 0.3) is 0 Å². The van der Waals surface area contributed by atoms with Crippen molar-refractivity contribution in [3.63, 3.8) is 0 Å². The van der Waals surface area contributed by atoms with Crippen LogP contribution in [0.5, 0.6) is 0 Å². The fourth-order valence-electron chi connectivity index (χ4n) is 3.07. The number of nitrogens with zero attached hydrogens (tertiary/aromatic N) is 1. The van der Waals surface area contributed by atoms with Crippen molar-refractivity contribution in [1.29, 1.82) is 0 Å². The van der Waals surface area contributed by atoms with Crippen LogP contribution in [0.2, 0.25) is 0 Å². The standard InChI is InChI=1S/C17H24N2O/c1-13(15-8-9-15)19(12-14-6-3-2-4-7-14)16(20)17(18)10-5-11-17/h2-4,6-7,13,15H,5,8-12,18H2,1H3. The van der Waals surface area contributed by atoms with E-state index < -0.39 is 5.54 Å². The molecule has 1 atom stereocenters. The molecule has 0 aliphatic heterocycles. The van der Waals surface area contributed by atoms with Crippen molar-refractivity contribution >= 4 is 5.91 Å². The molecule has 2 N–H and O–H groups in total. The van der Waals surface area contributed by atoms with Gasteiger partial charge in [-0.25, -0.2) is 0 Å². The van der Waals surface area contributed by atoms with E-state index in [9.17, 15) is 4.79 Å². The topological polar surface area (TPSA) is 46.3 Å². The van der Waals surface area contributed by atoms with E-state index in [0.29, 0.717) is 18.5 Å². The normalized spacial score (nSPS) is 21.9. The SMILES string of the molecule is CC(C1CC1)N(Cc1ccccc1)C(=O)C1(N)CCC1. The summed E-state index contributed by atoms with van der Waals surface area (Å²) in [7, 11) is 0. The maximum Gasteiger partial charge on any atom is 0.243 e. The average molecular weight is 272 g/mol. The van der Waals surface area contributed by atoms with Gasteiger partial charge < -0.3 is 10.6 Å². The van der Waals surface area contributed by atoms with Crippen molar-refractivity contribution < 1.29 is 4.79 Å². The minimum atomic E-state index is -0.585. The Bertz CT molecular complexity index is 477. The monoisotopic (exact) mass is 272 g/mol. The zero-order valence-corrected chi connectivity index (χ0v) is 12.2. The van der Waals surface area contributed by atoms with Crippen molar-refractivity contribution in [1.82, 2.24) is 4.90 Å². The Kier molecular flexibility index (Phi) is 3.55. The maximum atomic E-state index is 12.8. The molecule has 3 heteroatoms. The van der Waals surface area contributed by atoms with Crippen LogP contribution in [0.25, 0.3) is 0 Å². The van der Waals surface area contributed by atoms with Crippen LogP contribution in [0.1, 0.15) is 44.6 Å². The predicted octanol–water partition coefficient (Wildman–Crippen LogP) is 2.70. The highest BCUT2D eigenvalue weighted by Gasteiger charge is 2.45. The molecular weight excluding hydrogens is 248 g/mol. The molecule has 1 amide bonds. The lowest BCUT2D eigenvalue weighted by Crippen LogP contribution is -2.61. The summed E-state index contributed by atoms with van der Waals surface area (Å²) in [5.41, 5.74) is 6.87. The molecule has 2 fully saturated rings. The van der Waals surface area contributed by atoms with E-state index in [-0.39, 0.29) is 5.91 Å². The highest BCUT2D eigenvalue weighted by atomic mass is 16.2. The first-order valence-electron chi connectivity index (χ1n) is 7.74. The summed E-state index contributed by atoms with van der Waals surface area (Å²) >= 11 is 0. The number of rotatable bonds is 5. The van der Waals surface area contributed by atoms with Crippen LogP contribution in [-0.4, -0.2) is 22.4 Å². The second kappa shape index (κ2) is 5.21. The Morgan fingerprint density at radius 3 is 2.50 bits per heavy atom. The Morgan fingerprint density at radius 2 is 2.00 bits per heavy atom. The molecule has 0 bridgehead atoms. The highest BCUT2D eigenvalue weighted by molar-refractivity contribution is 5.87. The third-order valence-electron chi connectivity index (χ3n) is 4.92. The molecule has 3 rings (SSSR count). The van der Waals surface area contributed by atoms with Crippen LogP contribution in [0.4, 0.5) is 0 Å². The quantitative estimate of drug-likeness (QED) is 0.895. The van der Waals surface area contributed by atoms with E-state index in [2.05, 4.69) is 19.1 Å². The molecular formula is C17H24N2O. The zero-order valence-electron chi connectivity index (χ0n) is 12.2. The molecule has 20 heavy (non-hydrogen) atoms. The first-order chi connectivity index (χ1) is 9.60. The van der Waals surface area contributed by atoms with Gasteiger partial charge in [0.05, 0.1) is 5.54 Å². The third-order valence-corrected chi connectivity index (χ3v) is 4.92. The molecule has 108 valence electrons. The molecule has 2 saturated carbocycles. The van der Waals surface area contributed by atoms with Crippen LogP contribution >= 0.6 is 0 Å². The zero-order chi connectivity index (χ0) is 14.2. The lowest BCUT2D eigenvalue weighted by atomic mass is 9.76. The van der Waals surface area contributed by atoms with E-state index in [1.807, 2.05) is 23.1 Å². The second-order valence-electron chi connectivity index (χ2n) is 6.51. The lowest BCUT2D eigenvalue weighted by molar-refractivity contribution is -0.143. The molecule has 1 unspecified atom stereocenters. The maximum absolute atomic E-state index is 12.8. The van der Waals surface area contributed by atoms with Crippen molar-refractivity contribution in [2.24, 2.45) is 11.7 Å². The summed E-state index contributed by atoms with van der Waals surface area (Å²) in [6, 6.07) is 10.6. The first kappa shape index (κ1) is 13.6. The molecule has 0 heterocycles. The fourth-order valence-corrected chi connectivity index (χ4v) is 3.07. The minimum Gasteiger partial charge on any atom is -0.334 e. The van der Waals surface area contributed by atoms with Gasteiger partial charge in [-0.05, 0) is 50.5 Å². The summed E-state index contributed by atoms with van der Waals surface area (Å²) in [6.45, 7) is 2.87. The number of carbonyl (C=O) groups excluding carboxylic acids is 1. The molecule has 1 aromatic carbocycles. The Hall–Kier alpha value is -1.35. The van der Waals surface area contributed by atoms with E-state index >= 15 is 0 Å². The van der Waals surface area contributed by atoms with Gasteiger partial charge in [0.2, 0.25) is 5.91 Å². The molecule has 2 aliphatic carbocycles. The van der Waals surface area contributed by atoms with Crippen LogP contribution < -0.4 is 5.73 Å². The summed E-state index contributed by atoms with van der Waals surface area (Å²) in [5, 5.41) is 0. The van der Waals surface area contributed by atoms with Crippen LogP contribution in [-0.2, 0) is 11.3 Å². The summed E-state index contributed by atoms with van der Waals surface area (Å²) in [6.07, 6.45) is 5.26. The van der Waals surface area contributed by atoms with Crippen LogP contribution in [0, 0.1) is 5.92 Å². The summed E-state index contributed by atoms with van der Waals surface area (Å²) in [5.74, 6) is 0.832. The van der Waals surface area contributed by atoms with E-state index in [0.717, 1.165) is 19.3 Å². The lowest BCUT2D eigenvalue weighted by Gasteiger charge is -2.42. The molecule has 3 nitrogen and oxygen atoms in total. The third kappa shape index (κ3) is 2.59. The van der Waals surface area contributed by atoms with Crippen molar-refractivity contribution in [2.75, 3.05) is 0 Å². The van der Waals surface area contributed by atoms with Gasteiger partial charge in [0, 0.05) is 12.6 Å². The Labute approximate surface area is 121 Å². The fraction of sp³-hybridized carbons (Fsp3) is 0.588. The number of hydrogen-bond donors (Lipinski definition) is 1. The molecule has 0 saturated heterocycles. The van der Waals surface area contributed by atoms with Crippen LogP contribution in [0.15, 0.2) is 30.3 Å². The van der Waals surface area contributed by atoms with Gasteiger partial charge in [-0.15, -0.1) is 0 Å². The van der Waals surface area contributed by atoms with Gasteiger partial charge in [-0.2, -0.15) is 0 Å². The average Bonchev–Trinajstić information content (AvgIpc) is 3.26. The van der Waals surface area contributed by atoms with Crippen molar-refractivity contribution in [2.45, 2.75) is 57.2 Å². The Morgan fingerprint density at radius 1 is 1.35 bits per heavy atom. The number of nitrogens with two attached hydrogens (primary N) is 1. The molecule has 0 aromatic heterocycles. The van der Waals surface area contributed by atoms with Gasteiger partial charge in [-0.1, -0.05) is 30.3 Å². The van der Waals surface area contributed by atoms with Gasteiger partial charge >= 0.3 is 0 Å². The van der Waals surface area contributed by atoms with Gasteiger partial charge in [-0.3, -0.25) is 4.79 Å². The molecule has 0 spiro atoms. The van der Waals surface area contributed by atoms with E-state index in [1.54, 1.807) is 0 Å². The molecule has 0 radical (unpaired) electrons. The number of benzene rings is 1. The Balaban J connectivity index is 1.78. The van der Waals surface area contributed by atoms with E-state index in [1.165, 1.54) is 18.4 Å². The van der Waals surface area contributed by atoms with Gasteiger partial charge in [0.1, 0.15) is 0 Å². The summed E-state index contributed by atoms with van der Waals surface area (Å²) < 4.78 is 0. The van der Waals surface area contributed by atoms with E-state index in [4.69, 9.17) is 5.73 Å². The second-order valence-corrected chi connectivity index (χ2v) is 6.51. The van der Waals surface area contributed by atoms with Crippen molar-refractivity contribution in [3.05, 3.63) is 35.9 Å². The predicted molar refractivity (Wildman–Crippen MR) is 79.9 cm³/mol. The first-order valence-corrected chi connectivity index (χ1v) is 7.74. The number of hydrogen-bond acceptors (Lipinski definition) is 2.